The quantitative estimate of drug-likeness (QED) is 0.121. The highest BCUT2D eigenvalue weighted by Crippen LogP contribution is 2.49. The van der Waals surface area contributed by atoms with Gasteiger partial charge in [0.05, 0.1) is 40.0 Å². The summed E-state index contributed by atoms with van der Waals surface area (Å²) in [4.78, 5) is 32.7. The van der Waals surface area contributed by atoms with Gasteiger partial charge in [-0.15, -0.1) is 0 Å². The van der Waals surface area contributed by atoms with Gasteiger partial charge in [-0.2, -0.15) is 32.1 Å². The number of nitrogens with zero attached hydrogens (tertiary/aromatic N) is 6. The van der Waals surface area contributed by atoms with Gasteiger partial charge in [0, 0.05) is 49.2 Å². The molecule has 3 aromatic heterocycles. The Morgan fingerprint density at radius 1 is 1.07 bits per heavy atom. The van der Waals surface area contributed by atoms with Crippen LogP contribution in [-0.2, 0) is 58.1 Å². The third-order valence-corrected chi connectivity index (χ3v) is 11.4. The molecule has 0 radical (unpaired) electrons. The number of rotatable bonds is 9. The van der Waals surface area contributed by atoms with Crippen molar-refractivity contribution < 1.29 is 48.7 Å². The van der Waals surface area contributed by atoms with Gasteiger partial charge in [-0.05, 0) is 67.5 Å². The first kappa shape index (κ1) is 43.4. The van der Waals surface area contributed by atoms with Crippen LogP contribution in [0.1, 0.15) is 66.6 Å². The van der Waals surface area contributed by atoms with E-state index in [0.29, 0.717) is 35.7 Å². The van der Waals surface area contributed by atoms with Crippen molar-refractivity contribution in [3.8, 4) is 23.0 Å². The summed E-state index contributed by atoms with van der Waals surface area (Å²) in [7, 11) is -2.36. The molecule has 5 aromatic rings. The van der Waals surface area contributed by atoms with Gasteiger partial charge in [-0.25, -0.2) is 22.2 Å². The second-order valence-electron chi connectivity index (χ2n) is 15.1. The van der Waals surface area contributed by atoms with Gasteiger partial charge in [0.1, 0.15) is 29.6 Å². The fourth-order valence-electron chi connectivity index (χ4n) is 7.96. The number of benzene rings is 2. The highest BCUT2D eigenvalue weighted by Gasteiger charge is 2.54. The molecule has 21 heteroatoms. The van der Waals surface area contributed by atoms with Crippen LogP contribution in [0.5, 0.6) is 0 Å². The van der Waals surface area contributed by atoms with E-state index in [-0.39, 0.29) is 50.2 Å². The molecule has 1 saturated heterocycles. The molecular formula is C40H36ClF7N8O4S. The molecule has 0 bridgehead atoms. The molecular weight excluding hydrogens is 857 g/mol. The molecule has 0 saturated carbocycles. The number of amides is 2. The number of nitrogens with one attached hydrogen (secondary N) is 2. The maximum Gasteiger partial charge on any atom is 0.435 e. The second kappa shape index (κ2) is 16.0. The number of sulfonamides is 1. The molecule has 2 aliphatic rings. The first-order valence-electron chi connectivity index (χ1n) is 18.7. The van der Waals surface area contributed by atoms with Gasteiger partial charge in [-0.1, -0.05) is 30.5 Å². The minimum absolute atomic E-state index is 0.00351. The number of fused-ring (bicyclic) bond motifs is 2. The number of carbonyl (C=O) groups excluding carboxylic acids is 2. The van der Waals surface area contributed by atoms with Crippen LogP contribution < -0.4 is 10.0 Å². The average molecular weight is 893 g/mol. The molecule has 12 nitrogen and oxygen atoms in total. The van der Waals surface area contributed by atoms with Crippen LogP contribution in [0.2, 0.25) is 5.02 Å². The Balaban J connectivity index is 1.40. The van der Waals surface area contributed by atoms with E-state index in [1.807, 2.05) is 0 Å². The van der Waals surface area contributed by atoms with Crippen molar-refractivity contribution in [1.29, 1.82) is 0 Å². The van der Waals surface area contributed by atoms with E-state index in [0.717, 1.165) is 25.3 Å². The SMILES string of the molecule is CC(=O)N1CCCC1C#Cc1ccc(-c2ccc(Cl)c3c(NS(C)(=O)=O)nn(C)c23)c([C@H](Cc2cc(F)cc(F)c2)NC(=O)Cn2nc(C(F)(F)F)c3c2C(F)(F)[C@H](C)C3)n1. The Kier molecular flexibility index (Phi) is 11.4. The van der Waals surface area contributed by atoms with Crippen LogP contribution in [-0.4, -0.2) is 68.5 Å². The van der Waals surface area contributed by atoms with Crippen LogP contribution in [0.3, 0.4) is 0 Å². The Morgan fingerprint density at radius 3 is 2.41 bits per heavy atom. The van der Waals surface area contributed by atoms with Gasteiger partial charge in [0.15, 0.2) is 11.5 Å². The van der Waals surface area contributed by atoms with Crippen molar-refractivity contribution in [2.24, 2.45) is 13.0 Å². The van der Waals surface area contributed by atoms with Crippen molar-refractivity contribution in [2.75, 3.05) is 17.5 Å². The molecule has 2 amide bonds. The van der Waals surface area contributed by atoms with E-state index >= 15 is 8.78 Å². The standard InChI is InChI=1S/C40H36ClF7N8O4S/c1-20-14-29-36(40(46,47)48)51-56(37(29)39(20,44)45)19-32(58)50-31(17-22-15-23(42)18-24(43)16-22)34-27(10-8-25(49-34)7-9-26-6-5-13-55(26)21(2)57)28-11-12-30(41)33-35(28)54(3)52-38(33)53-61(4,59)60/h8,10-12,15-16,18,20,26,31H,5-6,13-14,17,19H2,1-4H3,(H,50,58)(H,52,53)/t20-,26?,31+/m1/s1. The average Bonchev–Trinajstić information content (AvgIpc) is 3.90. The van der Waals surface area contributed by atoms with Gasteiger partial charge >= 0.3 is 6.18 Å². The number of hydrogen-bond donors (Lipinski definition) is 2. The van der Waals surface area contributed by atoms with Gasteiger partial charge in [0.2, 0.25) is 21.8 Å². The van der Waals surface area contributed by atoms with Gasteiger partial charge in [0.25, 0.3) is 5.92 Å². The zero-order valence-corrected chi connectivity index (χ0v) is 34.3. The largest absolute Gasteiger partial charge is 0.435 e. The minimum atomic E-state index is -5.11. The highest BCUT2D eigenvalue weighted by atomic mass is 35.5. The van der Waals surface area contributed by atoms with Crippen LogP contribution >= 0.6 is 11.6 Å². The maximum absolute atomic E-state index is 15.4. The number of anilines is 1. The first-order valence-corrected chi connectivity index (χ1v) is 21.0. The minimum Gasteiger partial charge on any atom is -0.346 e. The maximum atomic E-state index is 15.4. The summed E-state index contributed by atoms with van der Waals surface area (Å²) < 4.78 is 131. The van der Waals surface area contributed by atoms with Crippen molar-refractivity contribution in [2.45, 2.75) is 70.3 Å². The molecule has 1 unspecified atom stereocenters. The van der Waals surface area contributed by atoms with Crippen LogP contribution in [0.4, 0.5) is 36.6 Å². The van der Waals surface area contributed by atoms with E-state index in [1.54, 1.807) is 17.0 Å². The second-order valence-corrected chi connectivity index (χ2v) is 17.3. The summed E-state index contributed by atoms with van der Waals surface area (Å²) in [6, 6.07) is 6.86. The summed E-state index contributed by atoms with van der Waals surface area (Å²) in [6.07, 6.45) is -3.94. The molecule has 1 aliphatic heterocycles. The topological polar surface area (TPSA) is 144 Å². The van der Waals surface area contributed by atoms with Crippen LogP contribution in [0, 0.1) is 29.4 Å². The fraction of sp³-hybridized carbons (Fsp3) is 0.375. The van der Waals surface area contributed by atoms with Crippen molar-refractivity contribution in [1.82, 2.24) is 34.8 Å². The van der Waals surface area contributed by atoms with Crippen molar-refractivity contribution in [3.63, 3.8) is 0 Å². The lowest BCUT2D eigenvalue weighted by molar-refractivity contribution is -0.142. The fourth-order valence-corrected chi connectivity index (χ4v) is 8.70. The van der Waals surface area contributed by atoms with Gasteiger partial charge in [-0.3, -0.25) is 23.7 Å². The number of aryl methyl sites for hydroxylation is 1. The summed E-state index contributed by atoms with van der Waals surface area (Å²) in [5.74, 6) is -2.63. The zero-order chi connectivity index (χ0) is 44.3. The summed E-state index contributed by atoms with van der Waals surface area (Å²) in [6.45, 7) is 1.88. The van der Waals surface area contributed by atoms with E-state index in [4.69, 9.17) is 16.6 Å². The Morgan fingerprint density at radius 2 is 1.75 bits per heavy atom. The molecule has 1 aliphatic carbocycles. The summed E-state index contributed by atoms with van der Waals surface area (Å²) >= 11 is 6.60. The zero-order valence-electron chi connectivity index (χ0n) is 32.8. The van der Waals surface area contributed by atoms with E-state index in [1.165, 1.54) is 30.8 Å². The number of alkyl halides is 5. The van der Waals surface area contributed by atoms with E-state index in [9.17, 15) is 40.0 Å². The molecule has 0 spiro atoms. The number of likely N-dealkylation sites (tertiary alicyclic amines) is 1. The molecule has 4 heterocycles. The predicted octanol–water partition coefficient (Wildman–Crippen LogP) is 6.90. The Hall–Kier alpha value is -5.68. The molecule has 3 atom stereocenters. The third-order valence-electron chi connectivity index (χ3n) is 10.5. The third kappa shape index (κ3) is 8.76. The lowest BCUT2D eigenvalue weighted by atomic mass is 9.93. The van der Waals surface area contributed by atoms with E-state index in [2.05, 4.69) is 32.1 Å². The van der Waals surface area contributed by atoms with Crippen molar-refractivity contribution in [3.05, 3.63) is 93.0 Å². The smallest absolute Gasteiger partial charge is 0.346 e. The number of hydrogen-bond acceptors (Lipinski definition) is 7. The number of halogens is 8. The molecule has 2 N–H and O–H groups in total. The number of carbonyl (C=O) groups is 2. The summed E-state index contributed by atoms with van der Waals surface area (Å²) in [5, 5.41) is 10.6. The Bertz CT molecular complexity index is 2760. The molecule has 7 rings (SSSR count). The lowest BCUT2D eigenvalue weighted by Gasteiger charge is -2.23. The van der Waals surface area contributed by atoms with E-state index < -0.39 is 94.0 Å². The number of pyridine rings is 1. The predicted molar refractivity (Wildman–Crippen MR) is 210 cm³/mol. The summed E-state index contributed by atoms with van der Waals surface area (Å²) in [5.41, 5.74) is -2.40. The van der Waals surface area contributed by atoms with Gasteiger partial charge < -0.3 is 10.2 Å². The first-order chi connectivity index (χ1) is 28.5. The molecule has 2 aromatic carbocycles. The molecule has 322 valence electrons. The normalized spacial score (nSPS) is 17.9. The molecule has 1 fully saturated rings. The van der Waals surface area contributed by atoms with Crippen LogP contribution in [0.25, 0.3) is 22.0 Å². The van der Waals surface area contributed by atoms with Crippen LogP contribution in [0.15, 0.2) is 42.5 Å². The lowest BCUT2D eigenvalue weighted by Crippen LogP contribution is -2.35. The Labute approximate surface area is 349 Å². The highest BCUT2D eigenvalue weighted by molar-refractivity contribution is 7.92. The monoisotopic (exact) mass is 892 g/mol. The number of aromatic nitrogens is 5. The van der Waals surface area contributed by atoms with Crippen molar-refractivity contribution >= 4 is 50.2 Å². The molecule has 61 heavy (non-hydrogen) atoms.